The number of rotatable bonds is 3. The Labute approximate surface area is 118 Å². The zero-order chi connectivity index (χ0) is 14.6. The smallest absolute Gasteiger partial charge is 0.233 e. The number of nitrogens with one attached hydrogen (secondary N) is 2. The summed E-state index contributed by atoms with van der Waals surface area (Å²) < 4.78 is 0. The molecule has 0 bridgehead atoms. The maximum Gasteiger partial charge on any atom is 0.233 e. The summed E-state index contributed by atoms with van der Waals surface area (Å²) in [7, 11) is 0. The molecule has 0 radical (unpaired) electrons. The van der Waals surface area contributed by atoms with Gasteiger partial charge in [0.25, 0.3) is 0 Å². The van der Waals surface area contributed by atoms with E-state index in [0.717, 1.165) is 5.56 Å². The summed E-state index contributed by atoms with van der Waals surface area (Å²) in [4.78, 5) is 23.3. The summed E-state index contributed by atoms with van der Waals surface area (Å²) >= 11 is 5.96. The van der Waals surface area contributed by atoms with E-state index >= 15 is 0 Å². The molecule has 0 aliphatic heterocycles. The maximum absolute atomic E-state index is 11.7. The molecule has 0 aliphatic carbocycles. The monoisotopic (exact) mass is 282 g/mol. The predicted molar refractivity (Wildman–Crippen MR) is 77.3 cm³/mol. The summed E-state index contributed by atoms with van der Waals surface area (Å²) in [5, 5.41) is 5.95. The predicted octanol–water partition coefficient (Wildman–Crippen LogP) is 2.89. The number of anilines is 1. The number of carbonyl (C=O) groups is 2. The minimum absolute atomic E-state index is 0.206. The Kier molecular flexibility index (Phi) is 4.95. The lowest BCUT2D eigenvalue weighted by Gasteiger charge is -2.20. The Bertz CT molecular complexity index is 493. The zero-order valence-corrected chi connectivity index (χ0v) is 12.4. The number of aryl methyl sites for hydroxylation is 1. The van der Waals surface area contributed by atoms with Gasteiger partial charge in [0.2, 0.25) is 11.8 Å². The van der Waals surface area contributed by atoms with Gasteiger partial charge in [0, 0.05) is 16.2 Å². The molecule has 0 heterocycles. The summed E-state index contributed by atoms with van der Waals surface area (Å²) in [5.41, 5.74) is 1.18. The number of benzene rings is 1. The highest BCUT2D eigenvalue weighted by molar-refractivity contribution is 6.31. The maximum atomic E-state index is 11.7. The van der Waals surface area contributed by atoms with Crippen LogP contribution >= 0.6 is 11.6 Å². The molecule has 19 heavy (non-hydrogen) atoms. The summed E-state index contributed by atoms with van der Waals surface area (Å²) in [6, 6.07) is 5.23. The van der Waals surface area contributed by atoms with Gasteiger partial charge in [-0.15, -0.1) is 0 Å². The van der Waals surface area contributed by atoms with Crippen molar-refractivity contribution in [1.29, 1.82) is 0 Å². The quantitative estimate of drug-likeness (QED) is 0.838. The Morgan fingerprint density at radius 2 is 1.84 bits per heavy atom. The molecule has 1 aromatic carbocycles. The molecule has 0 atom stereocenters. The van der Waals surface area contributed by atoms with Gasteiger partial charge in [0.1, 0.15) is 6.42 Å². The SMILES string of the molecule is Cc1ccc(NC(=O)CC(=O)NC(C)(C)C)cc1Cl. The third-order valence-electron chi connectivity index (χ3n) is 2.29. The van der Waals surface area contributed by atoms with E-state index in [-0.39, 0.29) is 23.8 Å². The van der Waals surface area contributed by atoms with Crippen LogP contribution in [0.2, 0.25) is 5.02 Å². The molecule has 0 spiro atoms. The molecular formula is C14H19ClN2O2. The molecule has 0 fully saturated rings. The molecule has 0 aliphatic rings. The van der Waals surface area contributed by atoms with E-state index in [0.29, 0.717) is 10.7 Å². The second kappa shape index (κ2) is 6.06. The normalized spacial score (nSPS) is 11.0. The van der Waals surface area contributed by atoms with Gasteiger partial charge in [-0.25, -0.2) is 0 Å². The van der Waals surface area contributed by atoms with Crippen molar-refractivity contribution in [3.05, 3.63) is 28.8 Å². The van der Waals surface area contributed by atoms with Crippen molar-refractivity contribution >= 4 is 29.1 Å². The first-order valence-electron chi connectivity index (χ1n) is 6.04. The molecule has 4 nitrogen and oxygen atoms in total. The van der Waals surface area contributed by atoms with Crippen molar-refractivity contribution < 1.29 is 9.59 Å². The van der Waals surface area contributed by atoms with Crippen molar-refractivity contribution in [2.24, 2.45) is 0 Å². The largest absolute Gasteiger partial charge is 0.351 e. The minimum atomic E-state index is -0.360. The van der Waals surface area contributed by atoms with Crippen LogP contribution in [0.4, 0.5) is 5.69 Å². The first-order valence-corrected chi connectivity index (χ1v) is 6.42. The fourth-order valence-corrected chi connectivity index (χ4v) is 1.66. The van der Waals surface area contributed by atoms with E-state index in [1.165, 1.54) is 0 Å². The van der Waals surface area contributed by atoms with Crippen LogP contribution in [0, 0.1) is 6.92 Å². The molecule has 2 N–H and O–H groups in total. The second-order valence-electron chi connectivity index (χ2n) is 5.49. The lowest BCUT2D eigenvalue weighted by atomic mass is 10.1. The summed E-state index contributed by atoms with van der Waals surface area (Å²) in [6.45, 7) is 7.47. The van der Waals surface area contributed by atoms with E-state index in [2.05, 4.69) is 10.6 Å². The number of amides is 2. The summed E-state index contributed by atoms with van der Waals surface area (Å²) in [5.74, 6) is -0.662. The van der Waals surface area contributed by atoms with Crippen LogP contribution in [0.5, 0.6) is 0 Å². The van der Waals surface area contributed by atoms with Crippen LogP contribution in [0.1, 0.15) is 32.8 Å². The third-order valence-corrected chi connectivity index (χ3v) is 2.70. The van der Waals surface area contributed by atoms with Gasteiger partial charge in [0.05, 0.1) is 0 Å². The number of hydrogen-bond donors (Lipinski definition) is 2. The van der Waals surface area contributed by atoms with Crippen molar-refractivity contribution in [3.8, 4) is 0 Å². The Hall–Kier alpha value is -1.55. The highest BCUT2D eigenvalue weighted by Gasteiger charge is 2.16. The molecular weight excluding hydrogens is 264 g/mol. The summed E-state index contributed by atoms with van der Waals surface area (Å²) in [6.07, 6.45) is -0.206. The fourth-order valence-electron chi connectivity index (χ4n) is 1.48. The second-order valence-corrected chi connectivity index (χ2v) is 5.89. The van der Waals surface area contributed by atoms with Gasteiger partial charge >= 0.3 is 0 Å². The molecule has 0 saturated heterocycles. The van der Waals surface area contributed by atoms with Crippen LogP contribution in [0.25, 0.3) is 0 Å². The van der Waals surface area contributed by atoms with Crippen LogP contribution in [0.15, 0.2) is 18.2 Å². The van der Waals surface area contributed by atoms with Gasteiger partial charge in [-0.2, -0.15) is 0 Å². The first kappa shape index (κ1) is 15.5. The fraction of sp³-hybridized carbons (Fsp3) is 0.429. The molecule has 1 aromatic rings. The van der Waals surface area contributed by atoms with Crippen LogP contribution in [-0.2, 0) is 9.59 Å². The van der Waals surface area contributed by atoms with Crippen molar-refractivity contribution in [3.63, 3.8) is 0 Å². The van der Waals surface area contributed by atoms with Crippen LogP contribution in [0.3, 0.4) is 0 Å². The number of halogens is 1. The van der Waals surface area contributed by atoms with Crippen molar-refractivity contribution in [2.75, 3.05) is 5.32 Å². The minimum Gasteiger partial charge on any atom is -0.351 e. The number of hydrogen-bond acceptors (Lipinski definition) is 2. The van der Waals surface area contributed by atoms with Crippen molar-refractivity contribution in [1.82, 2.24) is 5.32 Å². The van der Waals surface area contributed by atoms with E-state index < -0.39 is 0 Å². The van der Waals surface area contributed by atoms with Crippen LogP contribution < -0.4 is 10.6 Å². The molecule has 1 rings (SSSR count). The van der Waals surface area contributed by atoms with E-state index in [1.54, 1.807) is 12.1 Å². The average Bonchev–Trinajstić information content (AvgIpc) is 2.20. The van der Waals surface area contributed by atoms with E-state index in [4.69, 9.17) is 11.6 Å². The lowest BCUT2D eigenvalue weighted by molar-refractivity contribution is -0.127. The van der Waals surface area contributed by atoms with Crippen molar-refractivity contribution in [2.45, 2.75) is 39.7 Å². The van der Waals surface area contributed by atoms with Gasteiger partial charge < -0.3 is 10.6 Å². The Morgan fingerprint density at radius 1 is 1.21 bits per heavy atom. The first-order chi connectivity index (χ1) is 8.67. The topological polar surface area (TPSA) is 58.2 Å². The third kappa shape index (κ3) is 5.75. The molecule has 104 valence electrons. The van der Waals surface area contributed by atoms with Gasteiger partial charge in [0.15, 0.2) is 0 Å². The van der Waals surface area contributed by atoms with Gasteiger partial charge in [-0.05, 0) is 45.4 Å². The van der Waals surface area contributed by atoms with E-state index in [1.807, 2.05) is 33.8 Å². The highest BCUT2D eigenvalue weighted by Crippen LogP contribution is 2.19. The Balaban J connectivity index is 2.56. The number of carbonyl (C=O) groups excluding carboxylic acids is 2. The lowest BCUT2D eigenvalue weighted by Crippen LogP contribution is -2.41. The molecule has 2 amide bonds. The average molecular weight is 283 g/mol. The molecule has 0 saturated carbocycles. The Morgan fingerprint density at radius 3 is 2.37 bits per heavy atom. The highest BCUT2D eigenvalue weighted by atomic mass is 35.5. The van der Waals surface area contributed by atoms with Crippen LogP contribution in [-0.4, -0.2) is 17.4 Å². The molecule has 5 heteroatoms. The molecule has 0 aromatic heterocycles. The van der Waals surface area contributed by atoms with Gasteiger partial charge in [-0.1, -0.05) is 17.7 Å². The van der Waals surface area contributed by atoms with Gasteiger partial charge in [-0.3, -0.25) is 9.59 Å². The van der Waals surface area contributed by atoms with E-state index in [9.17, 15) is 9.59 Å². The zero-order valence-electron chi connectivity index (χ0n) is 11.6. The molecule has 0 unspecified atom stereocenters. The standard InChI is InChI=1S/C14H19ClN2O2/c1-9-5-6-10(7-11(9)15)16-12(18)8-13(19)17-14(2,3)4/h5-7H,8H2,1-4H3,(H,16,18)(H,17,19).